The highest BCUT2D eigenvalue weighted by Crippen LogP contribution is 2.48. The second kappa shape index (κ2) is 5.35. The average Bonchev–Trinajstić information content (AvgIpc) is 2.77. The molecule has 1 radical (unpaired) electrons. The molecule has 0 aromatic heterocycles. The molecule has 1 spiro atoms. The minimum Gasteiger partial charge on any atom is -0.393 e. The van der Waals surface area contributed by atoms with Crippen LogP contribution in [0.5, 0.6) is 0 Å². The van der Waals surface area contributed by atoms with E-state index in [1.54, 1.807) is 6.42 Å². The number of anilines is 1. The Hall–Kier alpha value is -1.95. The Labute approximate surface area is 127 Å². The molecule has 2 amide bonds. The van der Waals surface area contributed by atoms with Crippen LogP contribution in [0.1, 0.15) is 25.7 Å². The van der Waals surface area contributed by atoms with E-state index in [2.05, 4.69) is 0 Å². The van der Waals surface area contributed by atoms with Gasteiger partial charge in [-0.3, -0.25) is 14.5 Å². The molecule has 1 saturated heterocycles. The van der Waals surface area contributed by atoms with E-state index in [1.165, 1.54) is 29.2 Å². The largest absolute Gasteiger partial charge is 0.393 e. The number of nitrogens with zero attached hydrogens (tertiary/aromatic N) is 1. The third-order valence-corrected chi connectivity index (χ3v) is 4.70. The van der Waals surface area contributed by atoms with E-state index < -0.39 is 29.3 Å². The van der Waals surface area contributed by atoms with E-state index in [-0.39, 0.29) is 5.91 Å². The van der Waals surface area contributed by atoms with Crippen molar-refractivity contribution in [2.45, 2.75) is 37.8 Å². The highest BCUT2D eigenvalue weighted by Gasteiger charge is 2.54. The molecule has 3 N–H and O–H groups in total. The van der Waals surface area contributed by atoms with Crippen molar-refractivity contribution in [2.75, 3.05) is 4.90 Å². The van der Waals surface area contributed by atoms with E-state index >= 15 is 0 Å². The maximum atomic E-state index is 13.1. The van der Waals surface area contributed by atoms with Gasteiger partial charge in [-0.05, 0) is 56.4 Å². The zero-order valence-electron chi connectivity index (χ0n) is 12.0. The number of halogens is 1. The Morgan fingerprint density at radius 2 is 2.05 bits per heavy atom. The van der Waals surface area contributed by atoms with Crippen molar-refractivity contribution in [3.63, 3.8) is 0 Å². The summed E-state index contributed by atoms with van der Waals surface area (Å²) in [5, 5.41) is 9.61. The van der Waals surface area contributed by atoms with Crippen molar-refractivity contribution in [3.8, 4) is 0 Å². The van der Waals surface area contributed by atoms with Gasteiger partial charge in [0.05, 0.1) is 11.5 Å². The first-order valence-corrected chi connectivity index (χ1v) is 7.33. The third kappa shape index (κ3) is 2.37. The summed E-state index contributed by atoms with van der Waals surface area (Å²) >= 11 is 0. The van der Waals surface area contributed by atoms with Crippen LogP contribution in [-0.2, 0) is 9.59 Å². The van der Waals surface area contributed by atoms with E-state index in [0.29, 0.717) is 31.4 Å². The van der Waals surface area contributed by atoms with Gasteiger partial charge in [0.15, 0.2) is 0 Å². The number of hydrogen-bond acceptors (Lipinski definition) is 3. The summed E-state index contributed by atoms with van der Waals surface area (Å²) in [7, 11) is 0. The van der Waals surface area contributed by atoms with Gasteiger partial charge in [0.2, 0.25) is 11.8 Å². The van der Waals surface area contributed by atoms with Crippen molar-refractivity contribution in [1.29, 1.82) is 0 Å². The molecule has 22 heavy (non-hydrogen) atoms. The lowest BCUT2D eigenvalue weighted by Gasteiger charge is -2.33. The van der Waals surface area contributed by atoms with Gasteiger partial charge in [0.1, 0.15) is 11.9 Å². The Morgan fingerprint density at radius 1 is 1.36 bits per heavy atom. The van der Waals surface area contributed by atoms with Crippen molar-refractivity contribution >= 4 is 17.5 Å². The molecule has 2 fully saturated rings. The smallest absolute Gasteiger partial charge is 0.240 e. The lowest BCUT2D eigenvalue weighted by molar-refractivity contribution is -0.127. The van der Waals surface area contributed by atoms with Gasteiger partial charge in [-0.25, -0.2) is 4.39 Å². The summed E-state index contributed by atoms with van der Waals surface area (Å²) in [5.74, 6) is -1.15. The molecule has 1 heterocycles. The van der Waals surface area contributed by atoms with Gasteiger partial charge in [-0.2, -0.15) is 0 Å². The summed E-state index contributed by atoms with van der Waals surface area (Å²) in [4.78, 5) is 26.1. The highest BCUT2D eigenvalue weighted by molar-refractivity contribution is 6.06. The number of aliphatic hydroxyl groups excluding tert-OH is 1. The molecule has 6 heteroatoms. The number of rotatable bonds is 2. The summed E-state index contributed by atoms with van der Waals surface area (Å²) in [6.45, 7) is 0. The van der Waals surface area contributed by atoms with Crippen molar-refractivity contribution in [3.05, 3.63) is 36.5 Å². The Bertz CT molecular complexity index is 594. The van der Waals surface area contributed by atoms with Crippen LogP contribution >= 0.6 is 0 Å². The van der Waals surface area contributed by atoms with Gasteiger partial charge < -0.3 is 10.8 Å². The van der Waals surface area contributed by atoms with E-state index in [4.69, 9.17) is 5.73 Å². The fourth-order valence-corrected chi connectivity index (χ4v) is 3.46. The maximum Gasteiger partial charge on any atom is 0.240 e. The Morgan fingerprint density at radius 3 is 2.59 bits per heavy atom. The monoisotopic (exact) mass is 305 g/mol. The lowest BCUT2D eigenvalue weighted by atomic mass is 9.71. The van der Waals surface area contributed by atoms with Gasteiger partial charge in [-0.1, -0.05) is 0 Å². The number of primary amides is 1. The number of nitrogens with two attached hydrogens (primary N) is 1. The second-order valence-electron chi connectivity index (χ2n) is 6.10. The molecule has 1 aromatic rings. The van der Waals surface area contributed by atoms with Crippen LogP contribution in [0.4, 0.5) is 10.1 Å². The van der Waals surface area contributed by atoms with Gasteiger partial charge in [0.25, 0.3) is 0 Å². The van der Waals surface area contributed by atoms with E-state index in [0.717, 1.165) is 0 Å². The molecule has 3 unspecified atom stereocenters. The predicted octanol–water partition coefficient (Wildman–Crippen LogP) is 1.15. The molecule has 3 atom stereocenters. The zero-order chi connectivity index (χ0) is 15.9. The molecule has 0 bridgehead atoms. The quantitative estimate of drug-likeness (QED) is 0.860. The molecular weight excluding hydrogens is 287 g/mol. The molecule has 2 aliphatic rings. The van der Waals surface area contributed by atoms with Gasteiger partial charge in [-0.15, -0.1) is 0 Å². The predicted molar refractivity (Wildman–Crippen MR) is 78.1 cm³/mol. The molecule has 117 valence electrons. The Balaban J connectivity index is 1.95. The van der Waals surface area contributed by atoms with E-state index in [1.807, 2.05) is 0 Å². The number of aliphatic hydroxyl groups is 1. The van der Waals surface area contributed by atoms with Crippen LogP contribution in [0.15, 0.2) is 24.3 Å². The number of carbonyl (C=O) groups excluding carboxylic acids is 2. The van der Waals surface area contributed by atoms with Crippen LogP contribution < -0.4 is 10.6 Å². The maximum absolute atomic E-state index is 13.1. The molecule has 1 saturated carbocycles. The summed E-state index contributed by atoms with van der Waals surface area (Å²) < 4.78 is 13.1. The summed E-state index contributed by atoms with van der Waals surface area (Å²) in [5.41, 5.74) is 5.25. The van der Waals surface area contributed by atoms with Crippen LogP contribution in [0, 0.1) is 17.7 Å². The normalized spacial score (nSPS) is 31.7. The average molecular weight is 305 g/mol. The molecule has 1 aliphatic heterocycles. The van der Waals surface area contributed by atoms with Crippen LogP contribution in [0.3, 0.4) is 0 Å². The number of benzene rings is 1. The first-order valence-electron chi connectivity index (χ1n) is 7.33. The van der Waals surface area contributed by atoms with Gasteiger partial charge >= 0.3 is 0 Å². The number of hydrogen-bond donors (Lipinski definition) is 2. The SMILES string of the molecule is NC(=O)C1CC2(C[CH]C(O)CC2)C(=O)N1c1ccc(F)cc1. The fourth-order valence-electron chi connectivity index (χ4n) is 3.46. The van der Waals surface area contributed by atoms with Crippen LogP contribution in [0.2, 0.25) is 0 Å². The van der Waals surface area contributed by atoms with Gasteiger partial charge in [0, 0.05) is 5.69 Å². The topological polar surface area (TPSA) is 83.6 Å². The lowest BCUT2D eigenvalue weighted by Crippen LogP contribution is -2.43. The van der Waals surface area contributed by atoms with Crippen molar-refractivity contribution in [2.24, 2.45) is 11.1 Å². The molecule has 1 aromatic carbocycles. The van der Waals surface area contributed by atoms with Crippen LogP contribution in [-0.4, -0.2) is 29.1 Å². The summed E-state index contributed by atoms with van der Waals surface area (Å²) in [6, 6.07) is 4.72. The molecule has 3 rings (SSSR count). The fraction of sp³-hybridized carbons (Fsp3) is 0.438. The number of carbonyl (C=O) groups is 2. The zero-order valence-corrected chi connectivity index (χ0v) is 12.0. The standard InChI is InChI=1S/C16H18FN2O3/c17-10-1-3-11(4-2-10)19-13(14(18)21)9-16(15(19)22)7-5-12(20)6-8-16/h1-5,12-13,20H,6-9H2,(H2,18,21). The van der Waals surface area contributed by atoms with E-state index in [9.17, 15) is 19.1 Å². The van der Waals surface area contributed by atoms with Crippen LogP contribution in [0.25, 0.3) is 0 Å². The number of amides is 2. The summed E-state index contributed by atoms with van der Waals surface area (Å²) in [6.07, 6.45) is 2.98. The second-order valence-corrected chi connectivity index (χ2v) is 6.10. The van der Waals surface area contributed by atoms with Crippen molar-refractivity contribution in [1.82, 2.24) is 0 Å². The Kier molecular flexibility index (Phi) is 3.64. The minimum atomic E-state index is -0.735. The molecule has 1 aliphatic carbocycles. The van der Waals surface area contributed by atoms with Crippen molar-refractivity contribution < 1.29 is 19.1 Å². The first-order chi connectivity index (χ1) is 10.4. The third-order valence-electron chi connectivity index (χ3n) is 4.70. The minimum absolute atomic E-state index is 0.175. The highest BCUT2D eigenvalue weighted by atomic mass is 19.1. The molecular formula is C16H18FN2O3. The molecule has 5 nitrogen and oxygen atoms in total. The first kappa shape index (κ1) is 15.0.